The van der Waals surface area contributed by atoms with Gasteiger partial charge in [0.1, 0.15) is 5.60 Å². The van der Waals surface area contributed by atoms with E-state index in [9.17, 15) is 14.4 Å². The van der Waals surface area contributed by atoms with Crippen LogP contribution in [-0.4, -0.2) is 28.6 Å². The van der Waals surface area contributed by atoms with Gasteiger partial charge in [-0.25, -0.2) is 9.59 Å². The molecule has 0 bridgehead atoms. The third kappa shape index (κ3) is 6.26. The maximum Gasteiger partial charge on any atom is 0.335 e. The summed E-state index contributed by atoms with van der Waals surface area (Å²) >= 11 is 0. The fraction of sp³-hybridized carbons (Fsp3) is 0.286. The lowest BCUT2D eigenvalue weighted by Crippen LogP contribution is -2.38. The Balaban J connectivity index is 2.17. The number of hydrogen-bond acceptors (Lipinski definition) is 4. The molecule has 0 spiro atoms. The van der Waals surface area contributed by atoms with Gasteiger partial charge in [-0.05, 0) is 44.0 Å². The molecule has 0 unspecified atom stereocenters. The van der Waals surface area contributed by atoms with Crippen LogP contribution in [0.25, 0.3) is 0 Å². The van der Waals surface area contributed by atoms with Crippen molar-refractivity contribution in [1.82, 2.24) is 5.32 Å². The molecular formula is C21H23NO5. The highest BCUT2D eigenvalue weighted by Crippen LogP contribution is 2.19. The summed E-state index contributed by atoms with van der Waals surface area (Å²) in [6.45, 7) is 5.27. The molecule has 0 aliphatic carbocycles. The Kier molecular flexibility index (Phi) is 6.34. The van der Waals surface area contributed by atoms with Gasteiger partial charge in [-0.3, -0.25) is 4.79 Å². The number of hydrogen-bond donors (Lipinski definition) is 2. The summed E-state index contributed by atoms with van der Waals surface area (Å²) in [6.07, 6.45) is -0.0484. The number of carboxylic acid groups (broad SMARTS) is 1. The van der Waals surface area contributed by atoms with E-state index in [1.807, 2.05) is 6.07 Å². The zero-order chi connectivity index (χ0) is 20.0. The van der Waals surface area contributed by atoms with E-state index >= 15 is 0 Å². The molecule has 0 aliphatic rings. The lowest BCUT2D eigenvalue weighted by molar-refractivity contribution is -0.158. The number of benzene rings is 2. The number of rotatable bonds is 6. The third-order valence-corrected chi connectivity index (χ3v) is 3.62. The Bertz CT molecular complexity index is 824. The molecule has 2 rings (SSSR count). The Labute approximate surface area is 158 Å². The highest BCUT2D eigenvalue weighted by Gasteiger charge is 2.28. The molecule has 0 saturated carbocycles. The molecule has 27 heavy (non-hydrogen) atoms. The van der Waals surface area contributed by atoms with Crippen molar-refractivity contribution in [3.8, 4) is 0 Å². The molecule has 2 aromatic rings. The molecule has 0 radical (unpaired) electrons. The van der Waals surface area contributed by atoms with Crippen LogP contribution >= 0.6 is 0 Å². The first-order valence-electron chi connectivity index (χ1n) is 8.55. The molecule has 0 saturated heterocycles. The van der Waals surface area contributed by atoms with Gasteiger partial charge in [-0.2, -0.15) is 0 Å². The molecule has 0 aromatic heterocycles. The Morgan fingerprint density at radius 3 is 2.30 bits per heavy atom. The van der Waals surface area contributed by atoms with Gasteiger partial charge < -0.3 is 15.2 Å². The van der Waals surface area contributed by atoms with Crippen LogP contribution < -0.4 is 5.32 Å². The van der Waals surface area contributed by atoms with E-state index in [2.05, 4.69) is 5.32 Å². The van der Waals surface area contributed by atoms with Crippen LogP contribution in [0.5, 0.6) is 0 Å². The molecule has 0 heterocycles. The van der Waals surface area contributed by atoms with Gasteiger partial charge in [0.2, 0.25) is 5.91 Å². The van der Waals surface area contributed by atoms with Gasteiger partial charge in [0, 0.05) is 0 Å². The van der Waals surface area contributed by atoms with E-state index in [0.29, 0.717) is 11.1 Å². The zero-order valence-corrected chi connectivity index (χ0v) is 15.6. The first kappa shape index (κ1) is 20.2. The van der Waals surface area contributed by atoms with E-state index < -0.39 is 29.5 Å². The van der Waals surface area contributed by atoms with Crippen molar-refractivity contribution < 1.29 is 24.2 Å². The molecule has 2 aromatic carbocycles. The number of carbonyl (C=O) groups excluding carboxylic acids is 2. The Morgan fingerprint density at radius 2 is 1.70 bits per heavy atom. The number of amides is 1. The van der Waals surface area contributed by atoms with Crippen molar-refractivity contribution >= 4 is 17.8 Å². The number of carbonyl (C=O) groups is 3. The molecule has 0 aliphatic heterocycles. The van der Waals surface area contributed by atoms with E-state index in [4.69, 9.17) is 9.84 Å². The highest BCUT2D eigenvalue weighted by atomic mass is 16.6. The smallest absolute Gasteiger partial charge is 0.335 e. The van der Waals surface area contributed by atoms with Crippen molar-refractivity contribution in [3.05, 3.63) is 71.3 Å². The minimum atomic E-state index is -1.06. The highest BCUT2D eigenvalue weighted by molar-refractivity contribution is 5.89. The minimum Gasteiger partial charge on any atom is -0.478 e. The van der Waals surface area contributed by atoms with Crippen LogP contribution in [0.3, 0.4) is 0 Å². The van der Waals surface area contributed by atoms with Gasteiger partial charge in [0.25, 0.3) is 0 Å². The molecule has 6 heteroatoms. The normalized spacial score (nSPS) is 12.1. The number of carboxylic acids is 1. The average Bonchev–Trinajstić information content (AvgIpc) is 2.59. The molecule has 2 N–H and O–H groups in total. The second-order valence-corrected chi connectivity index (χ2v) is 7.13. The van der Waals surface area contributed by atoms with Crippen molar-refractivity contribution in [1.29, 1.82) is 0 Å². The first-order chi connectivity index (χ1) is 12.7. The largest absolute Gasteiger partial charge is 0.478 e. The second kappa shape index (κ2) is 8.49. The van der Waals surface area contributed by atoms with E-state index in [1.54, 1.807) is 57.2 Å². The van der Waals surface area contributed by atoms with Gasteiger partial charge in [0.05, 0.1) is 12.0 Å². The maximum absolute atomic E-state index is 12.6. The van der Waals surface area contributed by atoms with Crippen LogP contribution in [-0.2, 0) is 20.7 Å². The number of esters is 1. The number of aromatic carboxylic acids is 1. The van der Waals surface area contributed by atoms with Gasteiger partial charge in [0.15, 0.2) is 6.04 Å². The number of ether oxygens (including phenoxy) is 1. The Hall–Kier alpha value is -3.15. The van der Waals surface area contributed by atoms with Crippen molar-refractivity contribution in [2.75, 3.05) is 0 Å². The number of nitrogens with one attached hydrogen (secondary N) is 1. The average molecular weight is 369 g/mol. The lowest BCUT2D eigenvalue weighted by Gasteiger charge is -2.25. The predicted molar refractivity (Wildman–Crippen MR) is 100 cm³/mol. The monoisotopic (exact) mass is 369 g/mol. The molecule has 1 atom stereocenters. The topological polar surface area (TPSA) is 92.7 Å². The standard InChI is InChI=1S/C21H23NO5/c1-21(2,3)27-20(26)18(15-9-5-4-6-10-15)22-17(23)13-14-8-7-11-16(12-14)19(24)25/h4-12,18H,13H2,1-3H3,(H,22,23)(H,24,25)/t18-/m0/s1. The molecule has 1 amide bonds. The fourth-order valence-corrected chi connectivity index (χ4v) is 2.50. The second-order valence-electron chi connectivity index (χ2n) is 7.13. The summed E-state index contributed by atoms with van der Waals surface area (Å²) in [5.41, 5.74) is 0.569. The van der Waals surface area contributed by atoms with Crippen LogP contribution in [0.2, 0.25) is 0 Å². The summed E-state index contributed by atoms with van der Waals surface area (Å²) in [4.78, 5) is 36.1. The molecule has 142 valence electrons. The molecule has 0 fully saturated rings. The van der Waals surface area contributed by atoms with Crippen LogP contribution in [0.15, 0.2) is 54.6 Å². The van der Waals surface area contributed by atoms with Gasteiger partial charge in [-0.15, -0.1) is 0 Å². The SMILES string of the molecule is CC(C)(C)OC(=O)[C@@H](NC(=O)Cc1cccc(C(=O)O)c1)c1ccccc1. The van der Waals surface area contributed by atoms with E-state index in [1.165, 1.54) is 12.1 Å². The van der Waals surface area contributed by atoms with Gasteiger partial charge in [-0.1, -0.05) is 42.5 Å². The van der Waals surface area contributed by atoms with Crippen molar-refractivity contribution in [3.63, 3.8) is 0 Å². The molecular weight excluding hydrogens is 346 g/mol. The molecule has 6 nitrogen and oxygen atoms in total. The quantitative estimate of drug-likeness (QED) is 0.763. The summed E-state index contributed by atoms with van der Waals surface area (Å²) < 4.78 is 5.42. The predicted octanol–water partition coefficient (Wildman–Crippen LogP) is 3.13. The third-order valence-electron chi connectivity index (χ3n) is 3.62. The summed E-state index contributed by atoms with van der Waals surface area (Å²) in [5.74, 6) is -2.02. The zero-order valence-electron chi connectivity index (χ0n) is 15.6. The first-order valence-corrected chi connectivity index (χ1v) is 8.55. The van der Waals surface area contributed by atoms with E-state index in [0.717, 1.165) is 0 Å². The summed E-state index contributed by atoms with van der Waals surface area (Å²) in [7, 11) is 0. The minimum absolute atomic E-state index is 0.0484. The maximum atomic E-state index is 12.6. The Morgan fingerprint density at radius 1 is 1.04 bits per heavy atom. The lowest BCUT2D eigenvalue weighted by atomic mass is 10.0. The summed E-state index contributed by atoms with van der Waals surface area (Å²) in [5, 5.41) is 11.7. The van der Waals surface area contributed by atoms with E-state index in [-0.39, 0.29) is 12.0 Å². The van der Waals surface area contributed by atoms with Crippen molar-refractivity contribution in [2.45, 2.75) is 38.8 Å². The van der Waals surface area contributed by atoms with Crippen LogP contribution in [0, 0.1) is 0 Å². The van der Waals surface area contributed by atoms with Crippen LogP contribution in [0.1, 0.15) is 48.3 Å². The van der Waals surface area contributed by atoms with Crippen molar-refractivity contribution in [2.24, 2.45) is 0 Å². The fourth-order valence-electron chi connectivity index (χ4n) is 2.50. The van der Waals surface area contributed by atoms with Crippen LogP contribution in [0.4, 0.5) is 0 Å². The summed E-state index contributed by atoms with van der Waals surface area (Å²) in [6, 6.07) is 14.0. The van der Waals surface area contributed by atoms with Gasteiger partial charge >= 0.3 is 11.9 Å².